The first-order chi connectivity index (χ1) is 16.7. The van der Waals surface area contributed by atoms with Crippen LogP contribution in [0.2, 0.25) is 0 Å². The van der Waals surface area contributed by atoms with Crippen molar-refractivity contribution in [2.24, 2.45) is 0 Å². The van der Waals surface area contributed by atoms with Gasteiger partial charge in [-0.15, -0.1) is 0 Å². The number of benzene rings is 3. The monoisotopic (exact) mass is 494 g/mol. The number of aldehydes is 1. The number of hydrogen-bond donors (Lipinski definition) is 1. The van der Waals surface area contributed by atoms with Crippen molar-refractivity contribution < 1.29 is 26.8 Å². The second-order valence-corrected chi connectivity index (χ2v) is 9.84. The van der Waals surface area contributed by atoms with E-state index < -0.39 is 21.7 Å². The number of fused-ring (bicyclic) bond motifs is 1. The summed E-state index contributed by atoms with van der Waals surface area (Å²) in [5.41, 5.74) is 2.87. The maximum atomic E-state index is 13.5. The molecule has 1 amide bonds. The van der Waals surface area contributed by atoms with Crippen LogP contribution in [-0.4, -0.2) is 40.5 Å². The number of carbonyl (C=O) groups excluding carboxylic acids is 2. The van der Waals surface area contributed by atoms with Gasteiger partial charge in [0.15, 0.2) is 0 Å². The van der Waals surface area contributed by atoms with Crippen LogP contribution in [0.1, 0.15) is 27.6 Å². The molecule has 4 rings (SSSR count). The molecule has 1 aromatic heterocycles. The van der Waals surface area contributed by atoms with E-state index in [4.69, 9.17) is 4.42 Å². The summed E-state index contributed by atoms with van der Waals surface area (Å²) in [6, 6.07) is 15.5. The van der Waals surface area contributed by atoms with Crippen LogP contribution in [-0.2, 0) is 10.0 Å². The lowest BCUT2D eigenvalue weighted by atomic mass is 9.97. The predicted octanol–water partition coefficient (Wildman–Crippen LogP) is 4.86. The van der Waals surface area contributed by atoms with Gasteiger partial charge in [0.25, 0.3) is 5.91 Å². The summed E-state index contributed by atoms with van der Waals surface area (Å²) in [5.74, 6) is -0.622. The van der Waals surface area contributed by atoms with Crippen LogP contribution in [0.5, 0.6) is 0 Å². The lowest BCUT2D eigenvalue weighted by Crippen LogP contribution is -2.29. The van der Waals surface area contributed by atoms with Gasteiger partial charge in [0.05, 0.1) is 17.5 Å². The highest BCUT2D eigenvalue weighted by Gasteiger charge is 2.26. The molecule has 0 aliphatic heterocycles. The fourth-order valence-corrected chi connectivity index (χ4v) is 5.07. The van der Waals surface area contributed by atoms with E-state index in [0.717, 1.165) is 6.26 Å². The minimum atomic E-state index is -3.66. The molecule has 0 atom stereocenters. The van der Waals surface area contributed by atoms with E-state index in [2.05, 4.69) is 5.32 Å². The number of furan rings is 1. The van der Waals surface area contributed by atoms with Crippen molar-refractivity contribution in [2.75, 3.05) is 24.2 Å². The summed E-state index contributed by atoms with van der Waals surface area (Å²) in [6.45, 7) is 1.86. The number of anilines is 1. The van der Waals surface area contributed by atoms with Crippen LogP contribution in [0.4, 0.5) is 10.1 Å². The first-order valence-electron chi connectivity index (χ1n) is 10.8. The Labute approximate surface area is 202 Å². The van der Waals surface area contributed by atoms with Crippen molar-refractivity contribution in [1.82, 2.24) is 5.32 Å². The highest BCUT2D eigenvalue weighted by Crippen LogP contribution is 2.41. The van der Waals surface area contributed by atoms with Crippen LogP contribution < -0.4 is 9.62 Å². The second kappa shape index (κ2) is 9.34. The normalized spacial score (nSPS) is 11.4. The van der Waals surface area contributed by atoms with E-state index in [9.17, 15) is 22.4 Å². The highest BCUT2D eigenvalue weighted by atomic mass is 32.2. The zero-order valence-electron chi connectivity index (χ0n) is 19.3. The van der Waals surface area contributed by atoms with Gasteiger partial charge in [0, 0.05) is 41.7 Å². The number of hydrogen-bond acceptors (Lipinski definition) is 5. The quantitative estimate of drug-likeness (QED) is 0.370. The SMILES string of the molecule is CCN(c1cc2oc(-c3ccc(F)cc3)c(C(=O)NC)c2cc1-c1cccc(C=O)c1)S(C)(=O)=O. The van der Waals surface area contributed by atoms with E-state index in [1.807, 2.05) is 0 Å². The van der Waals surface area contributed by atoms with Crippen LogP contribution >= 0.6 is 0 Å². The molecule has 1 heterocycles. The molecule has 0 spiro atoms. The molecular formula is C26H23FN2O5S. The van der Waals surface area contributed by atoms with Gasteiger partial charge in [-0.2, -0.15) is 0 Å². The molecule has 0 saturated carbocycles. The zero-order valence-corrected chi connectivity index (χ0v) is 20.1. The van der Waals surface area contributed by atoms with Crippen molar-refractivity contribution in [2.45, 2.75) is 6.92 Å². The first-order valence-corrected chi connectivity index (χ1v) is 12.6. The maximum absolute atomic E-state index is 13.5. The zero-order chi connectivity index (χ0) is 25.3. The molecular weight excluding hydrogens is 471 g/mol. The molecule has 180 valence electrons. The van der Waals surface area contributed by atoms with Gasteiger partial charge in [-0.25, -0.2) is 12.8 Å². The summed E-state index contributed by atoms with van der Waals surface area (Å²) >= 11 is 0. The van der Waals surface area contributed by atoms with Crippen LogP contribution in [0.15, 0.2) is 65.1 Å². The number of sulfonamides is 1. The summed E-state index contributed by atoms with van der Waals surface area (Å²) < 4.78 is 46.1. The standard InChI is InChI=1S/C26H23FN2O5S/c1-4-29(35(3,32)33)22-14-23-21(13-20(22)18-7-5-6-16(12-18)15-30)24(26(31)28-2)25(34-23)17-8-10-19(27)11-9-17/h5-15H,4H2,1-3H3,(H,28,31). The van der Waals surface area contributed by atoms with Gasteiger partial charge < -0.3 is 9.73 Å². The molecule has 0 unspecified atom stereocenters. The molecule has 7 nitrogen and oxygen atoms in total. The molecule has 0 saturated heterocycles. The third-order valence-corrected chi connectivity index (χ3v) is 6.91. The fraction of sp³-hybridized carbons (Fsp3) is 0.154. The molecule has 0 aliphatic carbocycles. The Hall–Kier alpha value is -3.98. The Morgan fingerprint density at radius 3 is 2.40 bits per heavy atom. The summed E-state index contributed by atoms with van der Waals surface area (Å²) in [5, 5.41) is 3.05. The lowest BCUT2D eigenvalue weighted by Gasteiger charge is -2.23. The van der Waals surface area contributed by atoms with Crippen molar-refractivity contribution in [3.8, 4) is 22.5 Å². The Balaban J connectivity index is 2.11. The van der Waals surface area contributed by atoms with Crippen molar-refractivity contribution in [1.29, 1.82) is 0 Å². The maximum Gasteiger partial charge on any atom is 0.255 e. The molecule has 0 radical (unpaired) electrons. The Kier molecular flexibility index (Phi) is 6.45. The molecule has 1 N–H and O–H groups in total. The Morgan fingerprint density at radius 1 is 1.09 bits per heavy atom. The van der Waals surface area contributed by atoms with Crippen molar-refractivity contribution in [3.63, 3.8) is 0 Å². The molecule has 0 aliphatic rings. The van der Waals surface area contributed by atoms with E-state index in [0.29, 0.717) is 39.6 Å². The third-order valence-electron chi connectivity index (χ3n) is 5.66. The van der Waals surface area contributed by atoms with Crippen LogP contribution in [0, 0.1) is 5.82 Å². The highest BCUT2D eigenvalue weighted by molar-refractivity contribution is 7.92. The number of carbonyl (C=O) groups is 2. The molecule has 35 heavy (non-hydrogen) atoms. The van der Waals surface area contributed by atoms with E-state index in [1.165, 1.54) is 35.6 Å². The van der Waals surface area contributed by atoms with E-state index in [1.54, 1.807) is 43.3 Å². The van der Waals surface area contributed by atoms with Crippen LogP contribution in [0.25, 0.3) is 33.4 Å². The van der Waals surface area contributed by atoms with Crippen LogP contribution in [0.3, 0.4) is 0 Å². The number of nitrogens with zero attached hydrogens (tertiary/aromatic N) is 1. The van der Waals surface area contributed by atoms with Crippen molar-refractivity contribution >= 4 is 38.9 Å². The summed E-state index contributed by atoms with van der Waals surface area (Å²) in [4.78, 5) is 24.3. The minimum absolute atomic E-state index is 0.151. The second-order valence-electron chi connectivity index (χ2n) is 7.93. The number of amides is 1. The first kappa shape index (κ1) is 24.2. The average Bonchev–Trinajstić information content (AvgIpc) is 3.21. The smallest absolute Gasteiger partial charge is 0.255 e. The summed E-state index contributed by atoms with van der Waals surface area (Å²) in [6.07, 6.45) is 1.81. The molecule has 0 bridgehead atoms. The topological polar surface area (TPSA) is 96.7 Å². The summed E-state index contributed by atoms with van der Waals surface area (Å²) in [7, 11) is -2.18. The average molecular weight is 495 g/mol. The molecule has 0 fully saturated rings. The largest absolute Gasteiger partial charge is 0.455 e. The number of halogens is 1. The fourth-order valence-electron chi connectivity index (χ4n) is 4.09. The Morgan fingerprint density at radius 2 is 1.80 bits per heavy atom. The van der Waals surface area contributed by atoms with Gasteiger partial charge in [0.1, 0.15) is 23.4 Å². The van der Waals surface area contributed by atoms with E-state index in [-0.39, 0.29) is 23.5 Å². The number of nitrogens with one attached hydrogen (secondary N) is 1. The van der Waals surface area contributed by atoms with Gasteiger partial charge in [0.2, 0.25) is 10.0 Å². The predicted molar refractivity (Wildman–Crippen MR) is 134 cm³/mol. The van der Waals surface area contributed by atoms with Crippen molar-refractivity contribution in [3.05, 3.63) is 77.6 Å². The van der Waals surface area contributed by atoms with Gasteiger partial charge in [-0.1, -0.05) is 18.2 Å². The number of rotatable bonds is 7. The Bertz CT molecular complexity index is 1540. The molecule has 4 aromatic rings. The van der Waals surface area contributed by atoms with Gasteiger partial charge in [-0.3, -0.25) is 13.9 Å². The van der Waals surface area contributed by atoms with Gasteiger partial charge in [-0.05, 0) is 48.9 Å². The minimum Gasteiger partial charge on any atom is -0.455 e. The third kappa shape index (κ3) is 4.54. The van der Waals surface area contributed by atoms with Gasteiger partial charge >= 0.3 is 0 Å². The van der Waals surface area contributed by atoms with E-state index >= 15 is 0 Å². The molecule has 3 aromatic carbocycles. The molecule has 9 heteroatoms. The lowest BCUT2D eigenvalue weighted by molar-refractivity contribution is 0.0964.